The molecule has 3 rings (SSSR count). The van der Waals surface area contributed by atoms with Gasteiger partial charge in [-0.3, -0.25) is 0 Å². The molecule has 0 saturated heterocycles. The fourth-order valence-corrected chi connectivity index (χ4v) is 1.99. The third-order valence-corrected chi connectivity index (χ3v) is 3.24. The van der Waals surface area contributed by atoms with Crippen molar-refractivity contribution in [3.8, 4) is 11.4 Å². The molecular weight excluding hydrogens is 323 g/mol. The van der Waals surface area contributed by atoms with Crippen LogP contribution in [0, 0.1) is 5.82 Å². The highest BCUT2D eigenvalue weighted by molar-refractivity contribution is 6.30. The van der Waals surface area contributed by atoms with Gasteiger partial charge in [0.25, 0.3) is 5.89 Å². The van der Waals surface area contributed by atoms with Gasteiger partial charge in [0.15, 0.2) is 6.61 Å². The Hall–Kier alpha value is -2.73. The van der Waals surface area contributed by atoms with Crippen LogP contribution in [0.1, 0.15) is 16.2 Å². The fraction of sp³-hybridized carbons (Fsp3) is 0.0625. The second-order valence-corrected chi connectivity index (χ2v) is 5.01. The first-order chi connectivity index (χ1) is 11.1. The largest absolute Gasteiger partial charge is 0.452 e. The number of hydrogen-bond donors (Lipinski definition) is 0. The van der Waals surface area contributed by atoms with Crippen molar-refractivity contribution >= 4 is 17.6 Å². The smallest absolute Gasteiger partial charge is 0.341 e. The molecular formula is C16H10ClFN2O3. The first-order valence-corrected chi connectivity index (χ1v) is 7.01. The van der Waals surface area contributed by atoms with Crippen LogP contribution in [-0.2, 0) is 11.3 Å². The first-order valence-electron chi connectivity index (χ1n) is 6.63. The molecule has 116 valence electrons. The third kappa shape index (κ3) is 3.54. The topological polar surface area (TPSA) is 65.2 Å². The van der Waals surface area contributed by atoms with Crippen LogP contribution in [0.5, 0.6) is 0 Å². The van der Waals surface area contributed by atoms with Gasteiger partial charge in [-0.2, -0.15) is 4.98 Å². The van der Waals surface area contributed by atoms with Crippen LogP contribution in [-0.4, -0.2) is 16.1 Å². The molecule has 0 radical (unpaired) electrons. The van der Waals surface area contributed by atoms with Crippen LogP contribution in [0.2, 0.25) is 5.02 Å². The number of carbonyl (C=O) groups is 1. The molecule has 2 aromatic carbocycles. The van der Waals surface area contributed by atoms with Gasteiger partial charge >= 0.3 is 5.97 Å². The van der Waals surface area contributed by atoms with Gasteiger partial charge in [-0.1, -0.05) is 28.9 Å². The summed E-state index contributed by atoms with van der Waals surface area (Å²) >= 11 is 5.81. The molecule has 0 aliphatic carbocycles. The molecule has 0 aliphatic rings. The molecule has 0 fully saturated rings. The highest BCUT2D eigenvalue weighted by Gasteiger charge is 2.15. The number of benzene rings is 2. The van der Waals surface area contributed by atoms with Crippen molar-refractivity contribution < 1.29 is 18.4 Å². The predicted molar refractivity (Wildman–Crippen MR) is 80.3 cm³/mol. The predicted octanol–water partition coefficient (Wildman–Crippen LogP) is 3.89. The van der Waals surface area contributed by atoms with E-state index in [-0.39, 0.29) is 18.1 Å². The van der Waals surface area contributed by atoms with Gasteiger partial charge in [-0.25, -0.2) is 9.18 Å². The van der Waals surface area contributed by atoms with Crippen molar-refractivity contribution in [1.82, 2.24) is 10.1 Å². The number of esters is 1. The molecule has 1 heterocycles. The Balaban J connectivity index is 1.67. The molecule has 0 amide bonds. The van der Waals surface area contributed by atoms with Crippen molar-refractivity contribution in [2.24, 2.45) is 0 Å². The normalized spacial score (nSPS) is 10.5. The number of halogens is 2. The SMILES string of the molecule is O=C(OCc1nc(-c2ccc(Cl)cc2)no1)c1ccccc1F. The van der Waals surface area contributed by atoms with Gasteiger partial charge in [0, 0.05) is 10.6 Å². The van der Waals surface area contributed by atoms with Crippen molar-refractivity contribution in [3.05, 3.63) is 70.8 Å². The summed E-state index contributed by atoms with van der Waals surface area (Å²) in [5.74, 6) is -0.988. The molecule has 0 unspecified atom stereocenters. The maximum atomic E-state index is 13.5. The maximum Gasteiger partial charge on any atom is 0.341 e. The summed E-state index contributed by atoms with van der Waals surface area (Å²) in [6, 6.07) is 12.4. The summed E-state index contributed by atoms with van der Waals surface area (Å²) in [7, 11) is 0. The Bertz CT molecular complexity index is 833. The van der Waals surface area contributed by atoms with E-state index in [1.165, 1.54) is 18.2 Å². The minimum absolute atomic E-state index is 0.111. The molecule has 1 aromatic heterocycles. The fourth-order valence-electron chi connectivity index (χ4n) is 1.86. The molecule has 0 bridgehead atoms. The highest BCUT2D eigenvalue weighted by Crippen LogP contribution is 2.19. The monoisotopic (exact) mass is 332 g/mol. The van der Waals surface area contributed by atoms with E-state index in [1.54, 1.807) is 30.3 Å². The van der Waals surface area contributed by atoms with E-state index < -0.39 is 11.8 Å². The van der Waals surface area contributed by atoms with E-state index in [0.717, 1.165) is 0 Å². The lowest BCUT2D eigenvalue weighted by atomic mass is 10.2. The minimum atomic E-state index is -0.797. The van der Waals surface area contributed by atoms with Crippen molar-refractivity contribution in [3.63, 3.8) is 0 Å². The van der Waals surface area contributed by atoms with Gasteiger partial charge in [0.1, 0.15) is 5.82 Å². The Morgan fingerprint density at radius 3 is 2.65 bits per heavy atom. The van der Waals surface area contributed by atoms with Gasteiger partial charge in [-0.15, -0.1) is 0 Å². The molecule has 5 nitrogen and oxygen atoms in total. The van der Waals surface area contributed by atoms with E-state index in [1.807, 2.05) is 0 Å². The first kappa shape index (κ1) is 15.2. The molecule has 23 heavy (non-hydrogen) atoms. The molecule has 7 heteroatoms. The summed E-state index contributed by atoms with van der Waals surface area (Å²) < 4.78 is 23.4. The summed E-state index contributed by atoms with van der Waals surface area (Å²) in [6.07, 6.45) is 0. The molecule has 0 saturated carbocycles. The number of aromatic nitrogens is 2. The Labute approximate surface area is 135 Å². The van der Waals surface area contributed by atoms with Gasteiger partial charge in [-0.05, 0) is 36.4 Å². The third-order valence-electron chi connectivity index (χ3n) is 2.99. The number of carbonyl (C=O) groups excluding carboxylic acids is 1. The summed E-state index contributed by atoms with van der Waals surface area (Å²) in [5, 5.41) is 4.38. The minimum Gasteiger partial charge on any atom is -0.452 e. The van der Waals surface area contributed by atoms with Crippen LogP contribution < -0.4 is 0 Å². The van der Waals surface area contributed by atoms with Crippen molar-refractivity contribution in [2.45, 2.75) is 6.61 Å². The lowest BCUT2D eigenvalue weighted by Crippen LogP contribution is -2.07. The molecule has 3 aromatic rings. The Morgan fingerprint density at radius 2 is 1.91 bits per heavy atom. The zero-order valence-electron chi connectivity index (χ0n) is 11.7. The van der Waals surface area contributed by atoms with Crippen LogP contribution in [0.3, 0.4) is 0 Å². The second-order valence-electron chi connectivity index (χ2n) is 4.57. The molecule has 0 aliphatic heterocycles. The lowest BCUT2D eigenvalue weighted by Gasteiger charge is -2.02. The molecule has 0 atom stereocenters. The lowest BCUT2D eigenvalue weighted by molar-refractivity contribution is 0.0424. The van der Waals surface area contributed by atoms with Crippen LogP contribution in [0.25, 0.3) is 11.4 Å². The van der Waals surface area contributed by atoms with Crippen molar-refractivity contribution in [1.29, 1.82) is 0 Å². The van der Waals surface area contributed by atoms with E-state index in [9.17, 15) is 9.18 Å². The van der Waals surface area contributed by atoms with Crippen LogP contribution in [0.4, 0.5) is 4.39 Å². The zero-order valence-corrected chi connectivity index (χ0v) is 12.5. The molecule has 0 spiro atoms. The number of hydrogen-bond acceptors (Lipinski definition) is 5. The summed E-state index contributed by atoms with van der Waals surface area (Å²) in [5.41, 5.74) is 0.565. The molecule has 0 N–H and O–H groups in total. The van der Waals surface area contributed by atoms with E-state index >= 15 is 0 Å². The van der Waals surface area contributed by atoms with Crippen LogP contribution in [0.15, 0.2) is 53.1 Å². The van der Waals surface area contributed by atoms with E-state index in [2.05, 4.69) is 10.1 Å². The van der Waals surface area contributed by atoms with E-state index in [4.69, 9.17) is 20.9 Å². The van der Waals surface area contributed by atoms with Gasteiger partial charge in [0.2, 0.25) is 5.82 Å². The Morgan fingerprint density at radius 1 is 1.17 bits per heavy atom. The van der Waals surface area contributed by atoms with Crippen molar-refractivity contribution in [2.75, 3.05) is 0 Å². The highest BCUT2D eigenvalue weighted by atomic mass is 35.5. The average Bonchev–Trinajstić information content (AvgIpc) is 3.03. The number of rotatable bonds is 4. The number of ether oxygens (including phenoxy) is 1. The quantitative estimate of drug-likeness (QED) is 0.678. The van der Waals surface area contributed by atoms with Gasteiger partial charge in [0.05, 0.1) is 5.56 Å². The summed E-state index contributed by atoms with van der Waals surface area (Å²) in [6.45, 7) is -0.242. The zero-order chi connectivity index (χ0) is 16.2. The average molecular weight is 333 g/mol. The van der Waals surface area contributed by atoms with Crippen LogP contribution >= 0.6 is 11.6 Å². The maximum absolute atomic E-state index is 13.5. The standard InChI is InChI=1S/C16H10ClFN2O3/c17-11-7-5-10(6-8-11)15-19-14(23-20-15)9-22-16(21)12-3-1-2-4-13(12)18/h1-8H,9H2. The van der Waals surface area contributed by atoms with E-state index in [0.29, 0.717) is 16.4 Å². The summed E-state index contributed by atoms with van der Waals surface area (Å²) in [4.78, 5) is 15.9. The second kappa shape index (κ2) is 6.58. The van der Waals surface area contributed by atoms with Gasteiger partial charge < -0.3 is 9.26 Å². The number of nitrogens with zero attached hydrogens (tertiary/aromatic N) is 2. The Kier molecular flexibility index (Phi) is 4.34.